The first-order valence-electron chi connectivity index (χ1n) is 5.62. The second kappa shape index (κ2) is 4.53. The first kappa shape index (κ1) is 14.5. The van der Waals surface area contributed by atoms with Crippen LogP contribution in [0.15, 0.2) is 30.6 Å². The van der Waals surface area contributed by atoms with Crippen LogP contribution < -0.4 is 4.18 Å². The van der Waals surface area contributed by atoms with E-state index in [0.29, 0.717) is 5.52 Å². The molecule has 0 saturated carbocycles. The van der Waals surface area contributed by atoms with Gasteiger partial charge in [-0.1, -0.05) is 0 Å². The minimum absolute atomic E-state index is 0.0853. The van der Waals surface area contributed by atoms with E-state index in [1.54, 1.807) is 0 Å². The summed E-state index contributed by atoms with van der Waals surface area (Å²) in [5, 5.41) is 0. The summed E-state index contributed by atoms with van der Waals surface area (Å²) >= 11 is 0. The largest absolute Gasteiger partial charge is 0.534 e. The van der Waals surface area contributed by atoms with Crippen LogP contribution in [0, 0.1) is 5.82 Å². The Bertz CT molecular complexity index is 981. The third-order valence-electron chi connectivity index (χ3n) is 2.72. The monoisotopic (exact) mass is 335 g/mol. The van der Waals surface area contributed by atoms with Crippen molar-refractivity contribution in [1.82, 2.24) is 14.4 Å². The van der Waals surface area contributed by atoms with Gasteiger partial charge in [-0.05, 0) is 12.1 Å². The lowest BCUT2D eigenvalue weighted by Gasteiger charge is -2.10. The topological polar surface area (TPSA) is 73.6 Å². The minimum atomic E-state index is -5.91. The Morgan fingerprint density at radius 2 is 1.95 bits per heavy atom. The molecule has 0 spiro atoms. The lowest BCUT2D eigenvalue weighted by molar-refractivity contribution is -0.0500. The van der Waals surface area contributed by atoms with Gasteiger partial charge in [0, 0.05) is 18.5 Å². The molecule has 6 nitrogen and oxygen atoms in total. The second-order valence-electron chi connectivity index (χ2n) is 4.15. The number of nitrogens with zero attached hydrogens (tertiary/aromatic N) is 3. The highest BCUT2D eigenvalue weighted by Crippen LogP contribution is 2.29. The van der Waals surface area contributed by atoms with E-state index >= 15 is 0 Å². The number of benzene rings is 1. The second-order valence-corrected chi connectivity index (χ2v) is 5.69. The summed E-state index contributed by atoms with van der Waals surface area (Å²) in [4.78, 5) is 7.32. The highest BCUT2D eigenvalue weighted by molar-refractivity contribution is 7.88. The van der Waals surface area contributed by atoms with E-state index in [-0.39, 0.29) is 11.2 Å². The van der Waals surface area contributed by atoms with Crippen molar-refractivity contribution in [3.05, 3.63) is 36.4 Å². The quantitative estimate of drug-likeness (QED) is 0.408. The molecule has 0 radical (unpaired) electrons. The molecule has 0 aliphatic heterocycles. The van der Waals surface area contributed by atoms with Crippen molar-refractivity contribution >= 4 is 26.8 Å². The van der Waals surface area contributed by atoms with Crippen LogP contribution in [0.4, 0.5) is 17.6 Å². The smallest absolute Gasteiger partial charge is 0.351 e. The number of aromatic nitrogens is 3. The van der Waals surface area contributed by atoms with Crippen molar-refractivity contribution in [3.63, 3.8) is 0 Å². The van der Waals surface area contributed by atoms with Gasteiger partial charge in [0.15, 0.2) is 0 Å². The van der Waals surface area contributed by atoms with Gasteiger partial charge in [-0.25, -0.2) is 14.4 Å². The van der Waals surface area contributed by atoms with E-state index in [4.69, 9.17) is 0 Å². The van der Waals surface area contributed by atoms with E-state index in [1.807, 2.05) is 0 Å². The van der Waals surface area contributed by atoms with Crippen LogP contribution in [0.2, 0.25) is 0 Å². The van der Waals surface area contributed by atoms with Gasteiger partial charge in [0.05, 0.1) is 11.0 Å². The zero-order valence-corrected chi connectivity index (χ0v) is 11.2. The third-order valence-corrected chi connectivity index (χ3v) is 3.67. The molecular formula is C11H5F4N3O3S. The summed E-state index contributed by atoms with van der Waals surface area (Å²) in [6.07, 6.45) is 2.57. The number of imidazole rings is 1. The molecule has 0 saturated heterocycles. The van der Waals surface area contributed by atoms with E-state index in [2.05, 4.69) is 14.2 Å². The molecule has 116 valence electrons. The molecule has 0 fully saturated rings. The fourth-order valence-electron chi connectivity index (χ4n) is 1.81. The average Bonchev–Trinajstić information content (AvgIpc) is 2.86. The minimum Gasteiger partial charge on any atom is -0.351 e. The molecule has 0 amide bonds. The molecule has 0 aliphatic rings. The Morgan fingerprint density at radius 3 is 2.64 bits per heavy atom. The van der Waals surface area contributed by atoms with Crippen LogP contribution in [0.5, 0.6) is 5.88 Å². The van der Waals surface area contributed by atoms with Crippen LogP contribution >= 0.6 is 0 Å². The van der Waals surface area contributed by atoms with Crippen LogP contribution in [0.3, 0.4) is 0 Å². The predicted molar refractivity (Wildman–Crippen MR) is 66.1 cm³/mol. The lowest BCUT2D eigenvalue weighted by Crippen LogP contribution is -2.28. The summed E-state index contributed by atoms with van der Waals surface area (Å²) in [5.41, 5.74) is -5.62. The van der Waals surface area contributed by atoms with Crippen molar-refractivity contribution in [2.24, 2.45) is 0 Å². The Balaban J connectivity index is 2.26. The number of halogens is 4. The molecule has 3 aromatic rings. The third kappa shape index (κ3) is 2.22. The molecule has 0 bridgehead atoms. The first-order chi connectivity index (χ1) is 10.2. The van der Waals surface area contributed by atoms with Gasteiger partial charge in [0.2, 0.25) is 5.65 Å². The Morgan fingerprint density at radius 1 is 1.23 bits per heavy atom. The van der Waals surface area contributed by atoms with Crippen molar-refractivity contribution in [3.8, 4) is 5.88 Å². The highest BCUT2D eigenvalue weighted by Gasteiger charge is 2.49. The van der Waals surface area contributed by atoms with Crippen LogP contribution in [0.1, 0.15) is 0 Å². The predicted octanol–water partition coefficient (Wildman–Crippen LogP) is 2.25. The van der Waals surface area contributed by atoms with Crippen LogP contribution in [-0.4, -0.2) is 28.3 Å². The summed E-state index contributed by atoms with van der Waals surface area (Å²) in [6.45, 7) is 0. The van der Waals surface area contributed by atoms with E-state index in [9.17, 15) is 26.0 Å². The first-order valence-corrected chi connectivity index (χ1v) is 7.03. The molecule has 0 aliphatic carbocycles. The molecule has 0 N–H and O–H groups in total. The molecule has 3 rings (SSSR count). The van der Waals surface area contributed by atoms with Crippen LogP contribution in [0.25, 0.3) is 16.7 Å². The van der Waals surface area contributed by atoms with Gasteiger partial charge in [-0.15, -0.1) is 0 Å². The summed E-state index contributed by atoms with van der Waals surface area (Å²) in [5.74, 6) is -1.58. The van der Waals surface area contributed by atoms with Gasteiger partial charge < -0.3 is 4.18 Å². The fraction of sp³-hybridized carbons (Fsp3) is 0.0909. The SMILES string of the molecule is O=S(=O)(Oc1nc2cc(F)ccc2n2ccnc12)C(F)(F)F. The number of hydrogen-bond donors (Lipinski definition) is 0. The molecule has 1 aromatic carbocycles. The maximum atomic E-state index is 13.2. The zero-order valence-electron chi connectivity index (χ0n) is 10.4. The van der Waals surface area contributed by atoms with E-state index in [1.165, 1.54) is 22.9 Å². The normalized spacial score (nSPS) is 12.9. The van der Waals surface area contributed by atoms with E-state index < -0.39 is 27.3 Å². The molecule has 0 unspecified atom stereocenters. The van der Waals surface area contributed by atoms with Crippen molar-refractivity contribution in [2.75, 3.05) is 0 Å². The van der Waals surface area contributed by atoms with Gasteiger partial charge in [-0.2, -0.15) is 21.6 Å². The maximum Gasteiger partial charge on any atom is 0.534 e. The van der Waals surface area contributed by atoms with Gasteiger partial charge in [0.1, 0.15) is 5.82 Å². The highest BCUT2D eigenvalue weighted by atomic mass is 32.2. The number of hydrogen-bond acceptors (Lipinski definition) is 5. The molecule has 11 heteroatoms. The Labute approximate surface area is 120 Å². The van der Waals surface area contributed by atoms with Crippen LogP contribution in [-0.2, 0) is 10.1 Å². The van der Waals surface area contributed by atoms with Gasteiger partial charge >= 0.3 is 15.6 Å². The summed E-state index contributed by atoms with van der Waals surface area (Å²) in [7, 11) is -5.91. The molecular weight excluding hydrogens is 330 g/mol. The van der Waals surface area contributed by atoms with Gasteiger partial charge in [-0.3, -0.25) is 4.40 Å². The molecule has 2 aromatic heterocycles. The number of fused-ring (bicyclic) bond motifs is 3. The summed E-state index contributed by atoms with van der Waals surface area (Å²) < 4.78 is 77.8. The molecule has 0 atom stereocenters. The number of alkyl halides is 3. The van der Waals surface area contributed by atoms with E-state index in [0.717, 1.165) is 12.1 Å². The maximum absolute atomic E-state index is 13.2. The Kier molecular flexibility index (Phi) is 2.99. The average molecular weight is 335 g/mol. The molecule has 22 heavy (non-hydrogen) atoms. The fourth-order valence-corrected chi connectivity index (χ4v) is 2.23. The van der Waals surface area contributed by atoms with Gasteiger partial charge in [0.25, 0.3) is 5.88 Å². The zero-order chi connectivity index (χ0) is 16.1. The van der Waals surface area contributed by atoms with Crippen molar-refractivity contribution in [1.29, 1.82) is 0 Å². The number of rotatable bonds is 2. The lowest BCUT2D eigenvalue weighted by atomic mass is 10.3. The summed E-state index contributed by atoms with van der Waals surface area (Å²) in [6, 6.07) is 3.38. The molecule has 2 heterocycles. The standard InChI is InChI=1S/C11H5F4N3O3S/c12-6-1-2-8-7(5-6)17-10(9-16-3-4-18(8)9)21-22(19,20)11(13,14)15/h1-5H. The Hall–Kier alpha value is -2.43. The van der Waals surface area contributed by atoms with Crippen molar-refractivity contribution in [2.45, 2.75) is 5.51 Å². The van der Waals surface area contributed by atoms with Crippen molar-refractivity contribution < 1.29 is 30.2 Å².